The summed E-state index contributed by atoms with van der Waals surface area (Å²) in [5.74, 6) is 1.53. The minimum atomic E-state index is 0.110. The predicted molar refractivity (Wildman–Crippen MR) is 105 cm³/mol. The molecule has 0 bridgehead atoms. The first kappa shape index (κ1) is 18.6. The molecule has 0 radical (unpaired) electrons. The standard InChI is InChI=1S/C21H25N5O2/c1-15-23-24-25-26(15)18-10-11-19(27-2)17(13-18)14-28-20-9-6-12-22-21(20)16-7-4-3-5-8-16/h3-5,7-8,10-11,13,20-22H,6,9,12,14H2,1-2H3/t20-,21-/m0/s1. The molecule has 28 heavy (non-hydrogen) atoms. The maximum atomic E-state index is 6.38. The average molecular weight is 379 g/mol. The van der Waals surface area contributed by atoms with Gasteiger partial charge in [0.2, 0.25) is 0 Å². The van der Waals surface area contributed by atoms with Gasteiger partial charge in [-0.25, -0.2) is 0 Å². The van der Waals surface area contributed by atoms with Gasteiger partial charge >= 0.3 is 0 Å². The normalized spacial score (nSPS) is 19.5. The highest BCUT2D eigenvalue weighted by molar-refractivity contribution is 5.43. The monoisotopic (exact) mass is 379 g/mol. The van der Waals surface area contributed by atoms with Gasteiger partial charge in [0.1, 0.15) is 5.75 Å². The maximum absolute atomic E-state index is 6.38. The molecule has 1 aromatic heterocycles. The van der Waals surface area contributed by atoms with Gasteiger partial charge in [-0.15, -0.1) is 5.10 Å². The number of ether oxygens (including phenoxy) is 2. The van der Waals surface area contributed by atoms with E-state index in [-0.39, 0.29) is 12.1 Å². The van der Waals surface area contributed by atoms with Crippen molar-refractivity contribution in [1.82, 2.24) is 25.5 Å². The largest absolute Gasteiger partial charge is 0.496 e. The van der Waals surface area contributed by atoms with Crippen LogP contribution in [0, 0.1) is 6.92 Å². The number of tetrazole rings is 1. The van der Waals surface area contributed by atoms with Crippen LogP contribution in [-0.4, -0.2) is 40.0 Å². The molecule has 1 saturated heterocycles. The van der Waals surface area contributed by atoms with E-state index in [4.69, 9.17) is 9.47 Å². The fourth-order valence-corrected chi connectivity index (χ4v) is 3.71. The van der Waals surface area contributed by atoms with Gasteiger partial charge in [0.25, 0.3) is 0 Å². The minimum Gasteiger partial charge on any atom is -0.496 e. The van der Waals surface area contributed by atoms with Crippen molar-refractivity contribution in [2.75, 3.05) is 13.7 Å². The molecule has 0 spiro atoms. The lowest BCUT2D eigenvalue weighted by atomic mass is 9.94. The van der Waals surface area contributed by atoms with E-state index in [2.05, 4.69) is 45.1 Å². The molecule has 1 aliphatic rings. The molecule has 7 nitrogen and oxygen atoms in total. The predicted octanol–water partition coefficient (Wildman–Crippen LogP) is 2.99. The molecule has 0 unspecified atom stereocenters. The first-order valence-corrected chi connectivity index (χ1v) is 9.58. The Hall–Kier alpha value is -2.77. The summed E-state index contributed by atoms with van der Waals surface area (Å²) in [6, 6.07) is 16.6. The van der Waals surface area contributed by atoms with E-state index >= 15 is 0 Å². The van der Waals surface area contributed by atoms with Crippen LogP contribution in [0.3, 0.4) is 0 Å². The molecule has 0 amide bonds. The molecule has 1 aliphatic heterocycles. The highest BCUT2D eigenvalue weighted by Gasteiger charge is 2.27. The van der Waals surface area contributed by atoms with E-state index in [0.717, 1.165) is 42.2 Å². The molecular weight excluding hydrogens is 354 g/mol. The zero-order chi connectivity index (χ0) is 19.3. The smallest absolute Gasteiger partial charge is 0.153 e. The van der Waals surface area contributed by atoms with Crippen LogP contribution < -0.4 is 10.1 Å². The molecule has 1 N–H and O–H groups in total. The number of benzene rings is 2. The van der Waals surface area contributed by atoms with Crippen LogP contribution in [0.25, 0.3) is 5.69 Å². The van der Waals surface area contributed by atoms with Crippen molar-refractivity contribution in [1.29, 1.82) is 0 Å². The van der Waals surface area contributed by atoms with Crippen LogP contribution in [0.4, 0.5) is 0 Å². The van der Waals surface area contributed by atoms with Gasteiger partial charge in [-0.2, -0.15) is 4.68 Å². The third kappa shape index (κ3) is 3.90. The first-order valence-electron chi connectivity index (χ1n) is 9.58. The summed E-state index contributed by atoms with van der Waals surface area (Å²) in [6.07, 6.45) is 2.25. The van der Waals surface area contributed by atoms with Crippen molar-refractivity contribution in [2.45, 2.75) is 38.5 Å². The maximum Gasteiger partial charge on any atom is 0.153 e. The van der Waals surface area contributed by atoms with Crippen LogP contribution >= 0.6 is 0 Å². The molecule has 1 fully saturated rings. The molecule has 4 rings (SSSR count). The molecule has 146 valence electrons. The molecule has 2 atom stereocenters. The van der Waals surface area contributed by atoms with Crippen molar-refractivity contribution in [3.8, 4) is 11.4 Å². The Morgan fingerprint density at radius 3 is 2.79 bits per heavy atom. The number of methoxy groups -OCH3 is 1. The van der Waals surface area contributed by atoms with E-state index < -0.39 is 0 Å². The minimum absolute atomic E-state index is 0.110. The van der Waals surface area contributed by atoms with Crippen LogP contribution in [0.5, 0.6) is 5.75 Å². The zero-order valence-corrected chi connectivity index (χ0v) is 16.2. The van der Waals surface area contributed by atoms with E-state index in [0.29, 0.717) is 6.61 Å². The van der Waals surface area contributed by atoms with E-state index in [9.17, 15) is 0 Å². The summed E-state index contributed by atoms with van der Waals surface area (Å²) in [7, 11) is 1.68. The molecule has 2 aromatic carbocycles. The molecule has 3 aromatic rings. The van der Waals surface area contributed by atoms with E-state index in [1.807, 2.05) is 31.2 Å². The Morgan fingerprint density at radius 1 is 1.18 bits per heavy atom. The van der Waals surface area contributed by atoms with Gasteiger partial charge in [0.15, 0.2) is 5.82 Å². The zero-order valence-electron chi connectivity index (χ0n) is 16.2. The summed E-state index contributed by atoms with van der Waals surface area (Å²) in [4.78, 5) is 0. The van der Waals surface area contributed by atoms with E-state index in [1.54, 1.807) is 11.8 Å². The summed E-state index contributed by atoms with van der Waals surface area (Å²) >= 11 is 0. The summed E-state index contributed by atoms with van der Waals surface area (Å²) in [6.45, 7) is 3.35. The molecule has 2 heterocycles. The van der Waals surface area contributed by atoms with Crippen LogP contribution in [0.2, 0.25) is 0 Å². The number of hydrogen-bond donors (Lipinski definition) is 1. The third-order valence-electron chi connectivity index (χ3n) is 5.15. The SMILES string of the molecule is COc1ccc(-n2nnnc2C)cc1CO[C@H]1CCCN[C@H]1c1ccccc1. The Morgan fingerprint density at radius 2 is 2.04 bits per heavy atom. The second kappa shape index (κ2) is 8.50. The topological polar surface area (TPSA) is 74.1 Å². The number of aromatic nitrogens is 4. The average Bonchev–Trinajstić information content (AvgIpc) is 3.18. The van der Waals surface area contributed by atoms with Crippen molar-refractivity contribution < 1.29 is 9.47 Å². The number of nitrogens with one attached hydrogen (secondary N) is 1. The molecular formula is C21H25N5O2. The Bertz CT molecular complexity index is 912. The van der Waals surface area contributed by atoms with Crippen molar-refractivity contribution in [3.63, 3.8) is 0 Å². The van der Waals surface area contributed by atoms with Gasteiger partial charge in [-0.3, -0.25) is 0 Å². The number of aryl methyl sites for hydroxylation is 1. The van der Waals surface area contributed by atoms with Crippen molar-refractivity contribution in [2.24, 2.45) is 0 Å². The summed E-state index contributed by atoms with van der Waals surface area (Å²) < 4.78 is 13.6. The van der Waals surface area contributed by atoms with Crippen LogP contribution in [0.1, 0.15) is 35.8 Å². The lowest BCUT2D eigenvalue weighted by Gasteiger charge is -2.33. The molecule has 0 aliphatic carbocycles. The Balaban J connectivity index is 1.54. The lowest BCUT2D eigenvalue weighted by Crippen LogP contribution is -2.39. The van der Waals surface area contributed by atoms with Gasteiger partial charge < -0.3 is 14.8 Å². The number of nitrogens with zero attached hydrogens (tertiary/aromatic N) is 4. The highest BCUT2D eigenvalue weighted by Crippen LogP contribution is 2.29. The molecule has 0 saturated carbocycles. The highest BCUT2D eigenvalue weighted by atomic mass is 16.5. The Kier molecular flexibility index (Phi) is 5.64. The fraction of sp³-hybridized carbons (Fsp3) is 0.381. The summed E-state index contributed by atoms with van der Waals surface area (Å²) in [5, 5.41) is 15.3. The summed E-state index contributed by atoms with van der Waals surface area (Å²) in [5.41, 5.74) is 3.13. The lowest BCUT2D eigenvalue weighted by molar-refractivity contribution is -0.00425. The van der Waals surface area contributed by atoms with Gasteiger partial charge in [-0.1, -0.05) is 30.3 Å². The quantitative estimate of drug-likeness (QED) is 0.710. The Labute approximate surface area is 164 Å². The number of hydrogen-bond acceptors (Lipinski definition) is 6. The number of rotatable bonds is 6. The number of piperidine rings is 1. The van der Waals surface area contributed by atoms with Crippen molar-refractivity contribution >= 4 is 0 Å². The second-order valence-electron chi connectivity index (χ2n) is 6.97. The van der Waals surface area contributed by atoms with Gasteiger partial charge in [0, 0.05) is 5.56 Å². The third-order valence-corrected chi connectivity index (χ3v) is 5.15. The first-order chi connectivity index (χ1) is 13.8. The fourth-order valence-electron chi connectivity index (χ4n) is 3.71. The van der Waals surface area contributed by atoms with E-state index in [1.165, 1.54) is 5.56 Å². The second-order valence-corrected chi connectivity index (χ2v) is 6.97. The van der Waals surface area contributed by atoms with Gasteiger partial charge in [0.05, 0.1) is 31.5 Å². The van der Waals surface area contributed by atoms with Crippen molar-refractivity contribution in [3.05, 3.63) is 65.5 Å². The van der Waals surface area contributed by atoms with Crippen LogP contribution in [-0.2, 0) is 11.3 Å². The van der Waals surface area contributed by atoms with Crippen LogP contribution in [0.15, 0.2) is 48.5 Å². The molecule has 7 heteroatoms. The van der Waals surface area contributed by atoms with Gasteiger partial charge in [-0.05, 0) is 60.5 Å².